The molecule has 4 N–H and O–H groups in total. The maximum atomic E-state index is 12.2. The molecule has 98 valence electrons. The van der Waals surface area contributed by atoms with E-state index < -0.39 is 0 Å². The van der Waals surface area contributed by atoms with E-state index in [2.05, 4.69) is 5.16 Å². The molecular formula is C12H17N3O3. The third-order valence-electron chi connectivity index (χ3n) is 2.40. The van der Waals surface area contributed by atoms with Gasteiger partial charge in [0.25, 0.3) is 5.91 Å². The van der Waals surface area contributed by atoms with Crippen LogP contribution in [-0.4, -0.2) is 40.0 Å². The van der Waals surface area contributed by atoms with Crippen LogP contribution < -0.4 is 5.73 Å². The molecule has 0 saturated heterocycles. The second kappa shape index (κ2) is 6.48. The van der Waals surface area contributed by atoms with E-state index in [1.165, 1.54) is 17.0 Å². The summed E-state index contributed by atoms with van der Waals surface area (Å²) in [6.07, 6.45) is 0.734. The smallest absolute Gasteiger partial charge is 0.258 e. The van der Waals surface area contributed by atoms with Crippen molar-refractivity contribution in [1.82, 2.24) is 4.90 Å². The molecule has 0 aliphatic carbocycles. The number of carbonyl (C=O) groups is 1. The van der Waals surface area contributed by atoms with Crippen LogP contribution in [0.25, 0.3) is 0 Å². The van der Waals surface area contributed by atoms with Gasteiger partial charge in [0.1, 0.15) is 5.75 Å². The molecule has 0 atom stereocenters. The van der Waals surface area contributed by atoms with E-state index in [1.54, 1.807) is 12.1 Å². The molecule has 18 heavy (non-hydrogen) atoms. The summed E-state index contributed by atoms with van der Waals surface area (Å²) in [5.41, 5.74) is 5.61. The van der Waals surface area contributed by atoms with Crippen molar-refractivity contribution in [3.8, 4) is 5.75 Å². The molecule has 0 bridgehead atoms. The van der Waals surface area contributed by atoms with Crippen molar-refractivity contribution in [2.24, 2.45) is 10.9 Å². The monoisotopic (exact) mass is 251 g/mol. The van der Waals surface area contributed by atoms with Crippen molar-refractivity contribution in [3.63, 3.8) is 0 Å². The second-order valence-corrected chi connectivity index (χ2v) is 3.84. The van der Waals surface area contributed by atoms with Gasteiger partial charge in [-0.2, -0.15) is 0 Å². The first kappa shape index (κ1) is 13.8. The lowest BCUT2D eigenvalue weighted by atomic mass is 10.1. The number of nitrogens with two attached hydrogens (primary N) is 1. The maximum absolute atomic E-state index is 12.2. The molecule has 1 rings (SSSR count). The summed E-state index contributed by atoms with van der Waals surface area (Å²) < 4.78 is 0. The highest BCUT2D eigenvalue weighted by molar-refractivity contribution is 5.99. The van der Waals surface area contributed by atoms with E-state index in [-0.39, 0.29) is 29.6 Å². The number of hydrogen-bond donors (Lipinski definition) is 3. The summed E-state index contributed by atoms with van der Waals surface area (Å²) in [6.45, 7) is 2.40. The lowest BCUT2D eigenvalue weighted by Crippen LogP contribution is -2.39. The standard InChI is InChI=1S/C12H17N3O3/c1-2-7-15(8-11(13)14-18)12(17)9-5-3-4-6-10(9)16/h3-6,16,18H,2,7-8H2,1H3,(H2,13,14). The zero-order valence-electron chi connectivity index (χ0n) is 10.2. The Morgan fingerprint density at radius 2 is 2.11 bits per heavy atom. The third-order valence-corrected chi connectivity index (χ3v) is 2.40. The van der Waals surface area contributed by atoms with Crippen molar-refractivity contribution in [2.45, 2.75) is 13.3 Å². The highest BCUT2D eigenvalue weighted by Gasteiger charge is 2.18. The third kappa shape index (κ3) is 3.38. The van der Waals surface area contributed by atoms with Crippen molar-refractivity contribution in [1.29, 1.82) is 0 Å². The summed E-state index contributed by atoms with van der Waals surface area (Å²) in [5.74, 6) is -0.475. The van der Waals surface area contributed by atoms with Crippen LogP contribution in [0.1, 0.15) is 23.7 Å². The normalized spacial score (nSPS) is 11.3. The van der Waals surface area contributed by atoms with Crippen LogP contribution in [-0.2, 0) is 0 Å². The summed E-state index contributed by atoms with van der Waals surface area (Å²) in [6, 6.07) is 6.29. The topological polar surface area (TPSA) is 99.1 Å². The number of nitrogens with zero attached hydrogens (tertiary/aromatic N) is 2. The van der Waals surface area contributed by atoms with Gasteiger partial charge >= 0.3 is 0 Å². The highest BCUT2D eigenvalue weighted by Crippen LogP contribution is 2.17. The van der Waals surface area contributed by atoms with E-state index in [1.807, 2.05) is 6.92 Å². The van der Waals surface area contributed by atoms with Gasteiger partial charge in [-0.1, -0.05) is 24.2 Å². The number of phenolic OH excluding ortho intramolecular Hbond substituents is 1. The minimum absolute atomic E-state index is 0.0253. The molecule has 1 aromatic rings. The van der Waals surface area contributed by atoms with E-state index in [9.17, 15) is 9.90 Å². The van der Waals surface area contributed by atoms with Crippen LogP contribution in [0.5, 0.6) is 5.75 Å². The average Bonchev–Trinajstić information content (AvgIpc) is 2.38. The number of amidine groups is 1. The largest absolute Gasteiger partial charge is 0.507 e. The molecule has 0 aliphatic heterocycles. The summed E-state index contributed by atoms with van der Waals surface area (Å²) >= 11 is 0. The first-order valence-electron chi connectivity index (χ1n) is 5.63. The first-order chi connectivity index (χ1) is 8.60. The zero-order chi connectivity index (χ0) is 13.5. The van der Waals surface area contributed by atoms with E-state index in [4.69, 9.17) is 10.9 Å². The first-order valence-corrected chi connectivity index (χ1v) is 5.63. The average molecular weight is 251 g/mol. The lowest BCUT2D eigenvalue weighted by molar-refractivity contribution is 0.0775. The van der Waals surface area contributed by atoms with Gasteiger partial charge < -0.3 is 20.9 Å². The fourth-order valence-electron chi connectivity index (χ4n) is 1.57. The van der Waals surface area contributed by atoms with Gasteiger partial charge in [0, 0.05) is 6.54 Å². The fourth-order valence-corrected chi connectivity index (χ4v) is 1.57. The Morgan fingerprint density at radius 3 is 2.67 bits per heavy atom. The van der Waals surface area contributed by atoms with Gasteiger partial charge in [0.05, 0.1) is 12.1 Å². The molecule has 0 unspecified atom stereocenters. The Morgan fingerprint density at radius 1 is 1.44 bits per heavy atom. The summed E-state index contributed by atoms with van der Waals surface area (Å²) in [4.78, 5) is 13.6. The van der Waals surface area contributed by atoms with Gasteiger partial charge in [-0.25, -0.2) is 0 Å². The zero-order valence-corrected chi connectivity index (χ0v) is 10.2. The van der Waals surface area contributed by atoms with Crippen LogP contribution in [0, 0.1) is 0 Å². The van der Waals surface area contributed by atoms with E-state index in [0.717, 1.165) is 6.42 Å². The number of benzene rings is 1. The lowest BCUT2D eigenvalue weighted by Gasteiger charge is -2.21. The Bertz CT molecular complexity index is 446. The van der Waals surface area contributed by atoms with Crippen LogP contribution in [0.15, 0.2) is 29.4 Å². The van der Waals surface area contributed by atoms with Gasteiger partial charge in [-0.15, -0.1) is 0 Å². The Kier molecular flexibility index (Phi) is 4.98. The number of phenols is 1. The second-order valence-electron chi connectivity index (χ2n) is 3.84. The summed E-state index contributed by atoms with van der Waals surface area (Å²) in [7, 11) is 0. The Hall–Kier alpha value is -2.24. The fraction of sp³-hybridized carbons (Fsp3) is 0.333. The van der Waals surface area contributed by atoms with Crippen LogP contribution in [0.4, 0.5) is 0 Å². The number of para-hydroxylation sites is 1. The van der Waals surface area contributed by atoms with Crippen LogP contribution in [0.3, 0.4) is 0 Å². The van der Waals surface area contributed by atoms with E-state index >= 15 is 0 Å². The molecule has 0 heterocycles. The number of aromatic hydroxyl groups is 1. The molecule has 1 aromatic carbocycles. The summed E-state index contributed by atoms with van der Waals surface area (Å²) in [5, 5.41) is 21.0. The molecule has 6 heteroatoms. The predicted octanol–water partition coefficient (Wildman–Crippen LogP) is 0.991. The Balaban J connectivity index is 2.92. The maximum Gasteiger partial charge on any atom is 0.258 e. The predicted molar refractivity (Wildman–Crippen MR) is 67.7 cm³/mol. The van der Waals surface area contributed by atoms with Crippen molar-refractivity contribution in [2.75, 3.05) is 13.1 Å². The van der Waals surface area contributed by atoms with Crippen LogP contribution >= 0.6 is 0 Å². The number of hydrogen-bond acceptors (Lipinski definition) is 4. The van der Waals surface area contributed by atoms with E-state index in [0.29, 0.717) is 6.54 Å². The molecule has 0 spiro atoms. The van der Waals surface area contributed by atoms with Crippen LogP contribution in [0.2, 0.25) is 0 Å². The number of carbonyl (C=O) groups excluding carboxylic acids is 1. The van der Waals surface area contributed by atoms with Crippen molar-refractivity contribution in [3.05, 3.63) is 29.8 Å². The molecule has 0 aromatic heterocycles. The number of oxime groups is 1. The molecule has 0 fully saturated rings. The number of rotatable bonds is 5. The van der Waals surface area contributed by atoms with Gasteiger partial charge in [-0.3, -0.25) is 4.79 Å². The quantitative estimate of drug-likeness (QED) is 0.314. The number of amides is 1. The van der Waals surface area contributed by atoms with Gasteiger partial charge in [0.15, 0.2) is 5.84 Å². The van der Waals surface area contributed by atoms with Gasteiger partial charge in [0.2, 0.25) is 0 Å². The van der Waals surface area contributed by atoms with Gasteiger partial charge in [-0.05, 0) is 18.6 Å². The SMILES string of the molecule is CCCN(CC(N)=NO)C(=O)c1ccccc1O. The van der Waals surface area contributed by atoms with Crippen molar-refractivity contribution < 1.29 is 15.1 Å². The molecule has 1 amide bonds. The minimum Gasteiger partial charge on any atom is -0.507 e. The molecular weight excluding hydrogens is 234 g/mol. The molecule has 0 saturated carbocycles. The molecule has 0 aliphatic rings. The van der Waals surface area contributed by atoms with Crippen molar-refractivity contribution >= 4 is 11.7 Å². The highest BCUT2D eigenvalue weighted by atomic mass is 16.4. The minimum atomic E-state index is -0.346. The molecule has 6 nitrogen and oxygen atoms in total. The molecule has 0 radical (unpaired) electrons. The Labute approximate surface area is 105 Å².